The summed E-state index contributed by atoms with van der Waals surface area (Å²) in [4.78, 5) is 4.80. The summed E-state index contributed by atoms with van der Waals surface area (Å²) in [6.07, 6.45) is 9.83. The molecule has 1 aliphatic heterocycles. The quantitative estimate of drug-likeness (QED) is 0.832. The van der Waals surface area contributed by atoms with Crippen LogP contribution in [0.5, 0.6) is 0 Å². The van der Waals surface area contributed by atoms with Crippen LogP contribution in [0, 0.1) is 11.8 Å². The minimum Gasteiger partial charge on any atom is -0.359 e. The van der Waals surface area contributed by atoms with Crippen LogP contribution in [0.4, 0.5) is 0 Å². The highest BCUT2D eigenvalue weighted by Crippen LogP contribution is 2.38. The van der Waals surface area contributed by atoms with E-state index in [0.29, 0.717) is 5.54 Å². The fraction of sp³-hybridized carbons (Fsp3) is 0.929. The molecule has 3 fully saturated rings. The SMILES string of the molecule is CC(CN=C1NC2(CCCCC2)CS1)C1CC1. The fourth-order valence-electron chi connectivity index (χ4n) is 3.13. The molecule has 3 heteroatoms. The molecule has 1 atom stereocenters. The Labute approximate surface area is 109 Å². The van der Waals surface area contributed by atoms with Crippen LogP contribution in [0.15, 0.2) is 4.99 Å². The van der Waals surface area contributed by atoms with Crippen molar-refractivity contribution in [1.82, 2.24) is 5.32 Å². The second-order valence-electron chi connectivity index (χ2n) is 6.22. The molecule has 3 aliphatic rings. The van der Waals surface area contributed by atoms with E-state index in [1.54, 1.807) is 0 Å². The normalized spacial score (nSPS) is 31.7. The molecule has 3 rings (SSSR count). The lowest BCUT2D eigenvalue weighted by Crippen LogP contribution is -2.45. The smallest absolute Gasteiger partial charge is 0.157 e. The third-order valence-corrected chi connectivity index (χ3v) is 5.82. The van der Waals surface area contributed by atoms with Crippen LogP contribution >= 0.6 is 11.8 Å². The molecule has 0 amide bonds. The van der Waals surface area contributed by atoms with Gasteiger partial charge in [-0.3, -0.25) is 4.99 Å². The number of nitrogens with one attached hydrogen (secondary N) is 1. The summed E-state index contributed by atoms with van der Waals surface area (Å²) < 4.78 is 0. The zero-order valence-electron chi connectivity index (χ0n) is 10.9. The van der Waals surface area contributed by atoms with Crippen LogP contribution in [0.2, 0.25) is 0 Å². The van der Waals surface area contributed by atoms with Crippen molar-refractivity contribution in [2.75, 3.05) is 12.3 Å². The van der Waals surface area contributed by atoms with Gasteiger partial charge in [-0.25, -0.2) is 0 Å². The van der Waals surface area contributed by atoms with Crippen LogP contribution in [0.3, 0.4) is 0 Å². The number of aliphatic imine (C=N–C) groups is 1. The monoisotopic (exact) mass is 252 g/mol. The van der Waals surface area contributed by atoms with E-state index in [0.717, 1.165) is 18.4 Å². The molecule has 0 aromatic rings. The molecule has 1 N–H and O–H groups in total. The maximum absolute atomic E-state index is 4.80. The van der Waals surface area contributed by atoms with Crippen LogP contribution in [0.25, 0.3) is 0 Å². The molecule has 17 heavy (non-hydrogen) atoms. The van der Waals surface area contributed by atoms with E-state index >= 15 is 0 Å². The Hall–Kier alpha value is -0.180. The van der Waals surface area contributed by atoms with Gasteiger partial charge in [0, 0.05) is 17.8 Å². The number of nitrogens with zero attached hydrogens (tertiary/aromatic N) is 1. The average molecular weight is 252 g/mol. The molecule has 96 valence electrons. The van der Waals surface area contributed by atoms with Gasteiger partial charge in [-0.15, -0.1) is 0 Å². The molecule has 1 unspecified atom stereocenters. The van der Waals surface area contributed by atoms with Crippen molar-refractivity contribution in [3.8, 4) is 0 Å². The first-order valence-electron chi connectivity index (χ1n) is 7.23. The Morgan fingerprint density at radius 1 is 1.35 bits per heavy atom. The number of amidine groups is 1. The lowest BCUT2D eigenvalue weighted by atomic mass is 9.83. The summed E-state index contributed by atoms with van der Waals surface area (Å²) in [6.45, 7) is 3.40. The predicted molar refractivity (Wildman–Crippen MR) is 75.6 cm³/mol. The van der Waals surface area contributed by atoms with Crippen LogP contribution in [0.1, 0.15) is 51.9 Å². The van der Waals surface area contributed by atoms with Crippen molar-refractivity contribution in [3.63, 3.8) is 0 Å². The second kappa shape index (κ2) is 4.83. The molecule has 2 nitrogen and oxygen atoms in total. The van der Waals surface area contributed by atoms with Crippen LogP contribution in [-0.2, 0) is 0 Å². The molecule has 1 saturated heterocycles. The fourth-order valence-corrected chi connectivity index (χ4v) is 4.36. The predicted octanol–water partition coefficient (Wildman–Crippen LogP) is 3.43. The molecule has 0 radical (unpaired) electrons. The lowest BCUT2D eigenvalue weighted by Gasteiger charge is -2.32. The maximum atomic E-state index is 4.80. The highest BCUT2D eigenvalue weighted by Gasteiger charge is 2.38. The minimum absolute atomic E-state index is 0.421. The molecule has 0 aromatic heterocycles. The Kier molecular flexibility index (Phi) is 3.38. The number of hydrogen-bond acceptors (Lipinski definition) is 2. The van der Waals surface area contributed by atoms with Gasteiger partial charge in [0.05, 0.1) is 0 Å². The highest BCUT2D eigenvalue weighted by atomic mass is 32.2. The maximum Gasteiger partial charge on any atom is 0.157 e. The van der Waals surface area contributed by atoms with Crippen molar-refractivity contribution in [3.05, 3.63) is 0 Å². The van der Waals surface area contributed by atoms with Crippen LogP contribution in [-0.4, -0.2) is 23.0 Å². The number of rotatable bonds is 3. The van der Waals surface area contributed by atoms with E-state index in [1.807, 2.05) is 11.8 Å². The molecule has 0 aromatic carbocycles. The van der Waals surface area contributed by atoms with E-state index in [-0.39, 0.29) is 0 Å². The average Bonchev–Trinajstić information content (AvgIpc) is 3.13. The molecule has 2 saturated carbocycles. The zero-order chi connectivity index (χ0) is 11.7. The van der Waals surface area contributed by atoms with E-state index < -0.39 is 0 Å². The second-order valence-corrected chi connectivity index (χ2v) is 7.18. The van der Waals surface area contributed by atoms with Gasteiger partial charge in [0.25, 0.3) is 0 Å². The Bertz CT molecular complexity index is 303. The van der Waals surface area contributed by atoms with Gasteiger partial charge >= 0.3 is 0 Å². The van der Waals surface area contributed by atoms with Gasteiger partial charge in [-0.1, -0.05) is 37.9 Å². The lowest BCUT2D eigenvalue weighted by molar-refractivity contribution is 0.303. The summed E-state index contributed by atoms with van der Waals surface area (Å²) in [5, 5.41) is 4.97. The standard InChI is InChI=1S/C14H24N2S/c1-11(12-5-6-12)9-15-13-16-14(10-17-13)7-3-2-4-8-14/h11-12H,2-10H2,1H3,(H,15,16). The Morgan fingerprint density at radius 2 is 2.12 bits per heavy atom. The number of thioether (sulfide) groups is 1. The Balaban J connectivity index is 1.53. The van der Waals surface area contributed by atoms with Crippen molar-refractivity contribution in [2.24, 2.45) is 16.8 Å². The van der Waals surface area contributed by atoms with E-state index in [1.165, 1.54) is 55.9 Å². The third kappa shape index (κ3) is 2.81. The zero-order valence-corrected chi connectivity index (χ0v) is 11.7. The summed E-state index contributed by atoms with van der Waals surface area (Å²) in [5.41, 5.74) is 0.421. The van der Waals surface area contributed by atoms with E-state index in [2.05, 4.69) is 12.2 Å². The van der Waals surface area contributed by atoms with Crippen molar-refractivity contribution < 1.29 is 0 Å². The van der Waals surface area contributed by atoms with E-state index in [4.69, 9.17) is 4.99 Å². The molecule has 0 bridgehead atoms. The molecule has 1 spiro atoms. The summed E-state index contributed by atoms with van der Waals surface area (Å²) in [6, 6.07) is 0. The first kappa shape index (κ1) is 11.9. The summed E-state index contributed by atoms with van der Waals surface area (Å²) in [5.74, 6) is 3.03. The molecule has 1 heterocycles. The molecular weight excluding hydrogens is 228 g/mol. The molecular formula is C14H24N2S. The van der Waals surface area contributed by atoms with Crippen molar-refractivity contribution in [2.45, 2.75) is 57.4 Å². The summed E-state index contributed by atoms with van der Waals surface area (Å²) >= 11 is 1.96. The topological polar surface area (TPSA) is 24.4 Å². The van der Waals surface area contributed by atoms with Gasteiger partial charge in [-0.2, -0.15) is 0 Å². The number of hydrogen-bond donors (Lipinski definition) is 1. The van der Waals surface area contributed by atoms with Gasteiger partial charge in [0.1, 0.15) is 0 Å². The Morgan fingerprint density at radius 3 is 2.82 bits per heavy atom. The first-order valence-corrected chi connectivity index (χ1v) is 8.21. The van der Waals surface area contributed by atoms with Gasteiger partial charge < -0.3 is 5.32 Å². The summed E-state index contributed by atoms with van der Waals surface area (Å²) in [7, 11) is 0. The third-order valence-electron chi connectivity index (χ3n) is 4.62. The van der Waals surface area contributed by atoms with Gasteiger partial charge in [-0.05, 0) is 37.5 Å². The van der Waals surface area contributed by atoms with Crippen LogP contribution < -0.4 is 5.32 Å². The van der Waals surface area contributed by atoms with Gasteiger partial charge in [0.2, 0.25) is 0 Å². The largest absolute Gasteiger partial charge is 0.359 e. The highest BCUT2D eigenvalue weighted by molar-refractivity contribution is 8.14. The van der Waals surface area contributed by atoms with Crippen molar-refractivity contribution >= 4 is 16.9 Å². The van der Waals surface area contributed by atoms with E-state index in [9.17, 15) is 0 Å². The molecule has 2 aliphatic carbocycles. The first-order chi connectivity index (χ1) is 8.27. The minimum atomic E-state index is 0.421. The van der Waals surface area contributed by atoms with Gasteiger partial charge in [0.15, 0.2) is 5.17 Å². The van der Waals surface area contributed by atoms with Crippen molar-refractivity contribution in [1.29, 1.82) is 0 Å².